The van der Waals surface area contributed by atoms with E-state index in [1.807, 2.05) is 26.0 Å². The van der Waals surface area contributed by atoms with Crippen molar-refractivity contribution in [2.24, 2.45) is 21.1 Å². The predicted molar refractivity (Wildman–Crippen MR) is 399 cm³/mol. The molecule has 6 heterocycles. The molecule has 109 heavy (non-hydrogen) atoms. The van der Waals surface area contributed by atoms with Crippen LogP contribution in [0.1, 0.15) is 62.6 Å². The van der Waals surface area contributed by atoms with Crippen LogP contribution in [0.2, 0.25) is 15.1 Å². The Kier molecular flexibility index (Phi) is 29.1. The van der Waals surface area contributed by atoms with Crippen LogP contribution in [0, 0.1) is 0 Å². The van der Waals surface area contributed by atoms with Gasteiger partial charge in [0.2, 0.25) is 0 Å². The Bertz CT molecular complexity index is 5340. The molecule has 0 fully saturated rings. The number of alkyl halides is 9. The van der Waals surface area contributed by atoms with Crippen LogP contribution in [0.15, 0.2) is 179 Å². The number of benzene rings is 6. The van der Waals surface area contributed by atoms with Crippen LogP contribution in [-0.4, -0.2) is 106 Å². The molecule has 0 aliphatic heterocycles. The van der Waals surface area contributed by atoms with Crippen molar-refractivity contribution < 1.29 is 69.8 Å². The minimum absolute atomic E-state index is 0. The number of fused-ring (bicyclic) bond motifs is 3. The van der Waals surface area contributed by atoms with Crippen LogP contribution in [-0.2, 0) is 60.4 Å². The number of aliphatic hydroxyl groups is 1. The van der Waals surface area contributed by atoms with E-state index in [0.717, 1.165) is 58.7 Å². The van der Waals surface area contributed by atoms with E-state index in [0.29, 0.717) is 56.0 Å². The molecule has 0 aliphatic carbocycles. The third kappa shape index (κ3) is 21.4. The van der Waals surface area contributed by atoms with Crippen LogP contribution >= 0.6 is 50.7 Å². The number of ether oxygens (including phenoxy) is 3. The molecule has 0 saturated carbocycles. The third-order valence-electron chi connectivity index (χ3n) is 16.2. The van der Waals surface area contributed by atoms with Gasteiger partial charge >= 0.3 is 36.2 Å². The number of nitrogens with zero attached hydrogens (tertiary/aromatic N) is 12. The number of hydrogen-bond donors (Lipinski definition) is 1. The van der Waals surface area contributed by atoms with Gasteiger partial charge in [-0.3, -0.25) is 41.8 Å². The molecule has 24 nitrogen and oxygen atoms in total. The van der Waals surface area contributed by atoms with Gasteiger partial charge in [0, 0.05) is 86.7 Å². The summed E-state index contributed by atoms with van der Waals surface area (Å²) < 4.78 is 136. The maximum absolute atomic E-state index is 13.5. The quantitative estimate of drug-likeness (QED) is 0.0422. The second kappa shape index (κ2) is 36.8. The lowest BCUT2D eigenvalue weighted by atomic mass is 9.96. The number of aryl methyl sites for hydroxylation is 3. The van der Waals surface area contributed by atoms with Gasteiger partial charge in [-0.15, -0.1) is 39.5 Å². The van der Waals surface area contributed by atoms with E-state index < -0.39 is 53.1 Å². The summed E-state index contributed by atoms with van der Waals surface area (Å²) in [4.78, 5) is 91.3. The molecule has 38 heteroatoms. The van der Waals surface area contributed by atoms with Crippen molar-refractivity contribution >= 4 is 97.5 Å². The summed E-state index contributed by atoms with van der Waals surface area (Å²) in [6.07, 6.45) is -11.1. The van der Waals surface area contributed by atoms with E-state index in [1.54, 1.807) is 87.5 Å². The summed E-state index contributed by atoms with van der Waals surface area (Å²) >= 11 is 21.3. The Balaban J connectivity index is 0.000000212. The van der Waals surface area contributed by atoms with Gasteiger partial charge in [0.25, 0.3) is 16.7 Å². The SMILES string of the molecule is CCCCn1c(=O)c2c(nc(-c3cccc(OC(F)(F)F)c3)n2Cc2ccc(Cl)cc2)n(C)c1=O.CCCCn1c(=O)c2c(nc(Br)n2Cc2ccc(Cl)cc2)n(C)c1=O.Cn1c(=O)n(CCCO)c(=O)c2c1nc(-c1cccc(OC(F)(F)F)c1)n2Cc1ccc(Cl)cc1.O.O.[B]c1cccc(OC(F)(F)F)c1. The van der Waals surface area contributed by atoms with Gasteiger partial charge in [-0.25, -0.2) is 29.3 Å². The molecule has 12 aromatic rings. The first kappa shape index (κ1) is 86.1. The average molecular weight is 1650 g/mol. The fourth-order valence-corrected chi connectivity index (χ4v) is 12.0. The summed E-state index contributed by atoms with van der Waals surface area (Å²) in [5.74, 6) is -0.774. The van der Waals surface area contributed by atoms with E-state index in [4.69, 9.17) is 42.6 Å². The summed E-state index contributed by atoms with van der Waals surface area (Å²) in [7, 11) is 9.83. The maximum atomic E-state index is 13.5. The fourth-order valence-electron chi connectivity index (χ4n) is 11.1. The Morgan fingerprint density at radius 1 is 0.431 bits per heavy atom. The monoisotopic (exact) mass is 1650 g/mol. The lowest BCUT2D eigenvalue weighted by molar-refractivity contribution is -0.275. The van der Waals surface area contributed by atoms with Gasteiger partial charge in [0.05, 0.1) is 6.54 Å². The average Bonchev–Trinajstić information content (AvgIpc) is 1.70. The zero-order valence-electron chi connectivity index (χ0n) is 58.3. The van der Waals surface area contributed by atoms with Crippen molar-refractivity contribution in [3.8, 4) is 40.0 Å². The van der Waals surface area contributed by atoms with Crippen molar-refractivity contribution in [2.75, 3.05) is 6.61 Å². The van der Waals surface area contributed by atoms with E-state index in [9.17, 15) is 73.4 Å². The van der Waals surface area contributed by atoms with Crippen LogP contribution in [0.5, 0.6) is 17.2 Å². The minimum Gasteiger partial charge on any atom is -0.412 e. The molecule has 6 aromatic heterocycles. The summed E-state index contributed by atoms with van der Waals surface area (Å²) in [5.41, 5.74) is 1.68. The number of halogens is 13. The van der Waals surface area contributed by atoms with Gasteiger partial charge in [0.15, 0.2) is 38.2 Å². The van der Waals surface area contributed by atoms with E-state index in [-0.39, 0.29) is 112 Å². The first-order valence-corrected chi connectivity index (χ1v) is 34.4. The molecule has 0 unspecified atom stereocenters. The lowest BCUT2D eigenvalue weighted by Crippen LogP contribution is -2.39. The Morgan fingerprint density at radius 2 is 0.734 bits per heavy atom. The first-order chi connectivity index (χ1) is 50.6. The van der Waals surface area contributed by atoms with E-state index >= 15 is 0 Å². The standard InChI is InChI=1S/C24H22ClF3N4O3.C23H20ClF3N4O4.C17H18BrClN4O2.C7H4BF3O.2H2O/c1-3-4-12-31-22(33)19-21(30(2)23(31)34)29-20(32(19)14-15-8-10-17(25)11-9-15)16-6-5-7-18(13-16)35-24(26,27)28;1-29-20-18(21(33)30(22(29)34)10-3-11-32)31(13-14-6-8-16(24)9-7-14)19(28-20)15-4-2-5-17(12-15)35-23(25,26)27;1-3-4-9-22-15(24)13-14(21(2)17(22)25)20-16(18)23(13)10-11-5-7-12(19)8-6-11;8-5-2-1-3-6(4-5)12-7(9,10)11;;/h5-11,13H,3-4,12,14H2,1-2H3;2,4-9,12,32H,3,10-11,13H2,1H3;5-8H,3-4,9-10H2,1-2H3;1-4H;2*1H2. The van der Waals surface area contributed by atoms with E-state index in [1.165, 1.54) is 85.5 Å². The Labute approximate surface area is 636 Å². The zero-order valence-corrected chi connectivity index (χ0v) is 62.2. The molecule has 0 saturated heterocycles. The topological polar surface area (TPSA) is 296 Å². The number of aliphatic hydroxyl groups excluding tert-OH is 1. The molecule has 6 aromatic carbocycles. The molecular formula is C71H68BBrCl3F9N12O12. The van der Waals surface area contributed by atoms with Crippen molar-refractivity contribution in [1.82, 2.24) is 56.1 Å². The minimum atomic E-state index is -4.88. The highest BCUT2D eigenvalue weighted by molar-refractivity contribution is 9.10. The molecule has 578 valence electrons. The zero-order chi connectivity index (χ0) is 78.0. The second-order valence-corrected chi connectivity index (χ2v) is 25.9. The molecule has 0 bridgehead atoms. The van der Waals surface area contributed by atoms with Crippen LogP contribution in [0.25, 0.3) is 56.3 Å². The highest BCUT2D eigenvalue weighted by Crippen LogP contribution is 2.33. The van der Waals surface area contributed by atoms with Crippen molar-refractivity contribution in [3.63, 3.8) is 0 Å². The summed E-state index contributed by atoms with van der Waals surface area (Å²) in [5, 5.41) is 10.9. The lowest BCUT2D eigenvalue weighted by Gasteiger charge is -2.13. The molecule has 2 radical (unpaired) electrons. The molecule has 12 rings (SSSR count). The number of aromatic nitrogens is 12. The van der Waals surface area contributed by atoms with Gasteiger partial charge in [-0.05, 0) is 125 Å². The smallest absolute Gasteiger partial charge is 0.412 e. The molecular weight excluding hydrogens is 1580 g/mol. The summed E-state index contributed by atoms with van der Waals surface area (Å²) in [6, 6.07) is 36.9. The van der Waals surface area contributed by atoms with Crippen LogP contribution in [0.3, 0.4) is 0 Å². The number of unbranched alkanes of at least 4 members (excludes halogenated alkanes) is 2. The number of hydrogen-bond acceptors (Lipinski definition) is 13. The fraction of sp³-hybridized carbons (Fsp3) is 0.282. The van der Waals surface area contributed by atoms with Crippen LogP contribution < -0.4 is 53.4 Å². The number of imidazole rings is 3. The third-order valence-corrected chi connectivity index (χ3v) is 17.5. The Hall–Kier alpha value is -10.2. The maximum Gasteiger partial charge on any atom is 0.573 e. The largest absolute Gasteiger partial charge is 0.573 e. The van der Waals surface area contributed by atoms with Gasteiger partial charge in [-0.1, -0.05) is 140 Å². The first-order valence-electron chi connectivity index (χ1n) is 32.5. The molecule has 0 aliphatic rings. The summed E-state index contributed by atoms with van der Waals surface area (Å²) in [6.45, 7) is 5.16. The van der Waals surface area contributed by atoms with Gasteiger partial charge in [0.1, 0.15) is 36.7 Å². The molecule has 0 amide bonds. The van der Waals surface area contributed by atoms with Gasteiger partial charge in [-0.2, -0.15) is 0 Å². The van der Waals surface area contributed by atoms with Crippen molar-refractivity contribution in [3.05, 3.63) is 245 Å². The molecule has 0 atom stereocenters. The Morgan fingerprint density at radius 3 is 1.06 bits per heavy atom. The van der Waals surface area contributed by atoms with Gasteiger partial charge < -0.3 is 44.0 Å². The predicted octanol–water partition coefficient (Wildman–Crippen LogP) is 11.4. The molecule has 5 N–H and O–H groups in total. The van der Waals surface area contributed by atoms with Crippen LogP contribution in [0.4, 0.5) is 39.5 Å². The number of rotatable bonds is 20. The van der Waals surface area contributed by atoms with Crippen molar-refractivity contribution in [2.45, 2.75) is 104 Å². The highest BCUT2D eigenvalue weighted by Gasteiger charge is 2.34. The molecule has 0 spiro atoms. The van der Waals surface area contributed by atoms with E-state index in [2.05, 4.69) is 45.1 Å². The second-order valence-electron chi connectivity index (χ2n) is 23.9. The normalized spacial score (nSPS) is 11.4. The highest BCUT2D eigenvalue weighted by atomic mass is 79.9. The van der Waals surface area contributed by atoms with Crippen molar-refractivity contribution in [1.29, 1.82) is 0 Å².